The Labute approximate surface area is 76.9 Å². The lowest BCUT2D eigenvalue weighted by molar-refractivity contribution is -0.315. The zero-order chi connectivity index (χ0) is 9.31. The second-order valence-electron chi connectivity index (χ2n) is 3.13. The Kier molecular flexibility index (Phi) is 1.98. The van der Waals surface area contributed by atoms with E-state index in [2.05, 4.69) is 0 Å². The van der Waals surface area contributed by atoms with Crippen molar-refractivity contribution in [1.82, 2.24) is 0 Å². The fraction of sp³-hybridized carbons (Fsp3) is 0.400. The summed E-state index contributed by atoms with van der Waals surface area (Å²) in [7, 11) is 1.44. The highest BCUT2D eigenvalue weighted by Crippen LogP contribution is 2.31. The molecule has 3 nitrogen and oxygen atoms in total. The molecule has 2 rings (SSSR count). The van der Waals surface area contributed by atoms with Crippen LogP contribution in [0.25, 0.3) is 0 Å². The highest BCUT2D eigenvalue weighted by molar-refractivity contribution is 5.35. The molecule has 1 N–H and O–H groups in total. The van der Waals surface area contributed by atoms with Crippen molar-refractivity contribution in [2.45, 2.75) is 18.8 Å². The van der Waals surface area contributed by atoms with E-state index in [1.165, 1.54) is 7.11 Å². The number of ether oxygens (including phenoxy) is 2. The van der Waals surface area contributed by atoms with E-state index < -0.39 is 5.97 Å². The van der Waals surface area contributed by atoms with Gasteiger partial charge in [-0.1, -0.05) is 18.2 Å². The van der Waals surface area contributed by atoms with E-state index in [1.54, 1.807) is 0 Å². The number of aliphatic hydroxyl groups is 1. The third-order valence-electron chi connectivity index (χ3n) is 2.27. The summed E-state index contributed by atoms with van der Waals surface area (Å²) in [5.74, 6) is -0.730. The summed E-state index contributed by atoms with van der Waals surface area (Å²) < 4.78 is 10.2. The SMILES string of the molecule is COC1(O)CCc2ccccc2O1. The van der Waals surface area contributed by atoms with Crippen LogP contribution in [0.15, 0.2) is 24.3 Å². The number of para-hydroxylation sites is 1. The Morgan fingerprint density at radius 1 is 1.46 bits per heavy atom. The van der Waals surface area contributed by atoms with E-state index in [0.717, 1.165) is 12.0 Å². The molecular formula is C10H12O3. The van der Waals surface area contributed by atoms with Gasteiger partial charge in [-0.15, -0.1) is 0 Å². The summed E-state index contributed by atoms with van der Waals surface area (Å²) in [6, 6.07) is 7.66. The molecular weight excluding hydrogens is 168 g/mol. The Morgan fingerprint density at radius 2 is 2.23 bits per heavy atom. The summed E-state index contributed by atoms with van der Waals surface area (Å²) in [6.07, 6.45) is 1.25. The standard InChI is InChI=1S/C10H12O3/c1-12-10(11)7-6-8-4-2-3-5-9(8)13-10/h2-5,11H,6-7H2,1H3. The van der Waals surface area contributed by atoms with E-state index in [-0.39, 0.29) is 0 Å². The fourth-order valence-electron chi connectivity index (χ4n) is 1.47. The van der Waals surface area contributed by atoms with Crippen molar-refractivity contribution in [1.29, 1.82) is 0 Å². The van der Waals surface area contributed by atoms with Gasteiger partial charge in [0.15, 0.2) is 0 Å². The predicted molar refractivity (Wildman–Crippen MR) is 47.3 cm³/mol. The van der Waals surface area contributed by atoms with Crippen molar-refractivity contribution < 1.29 is 14.6 Å². The minimum absolute atomic E-state index is 0.473. The summed E-state index contributed by atoms with van der Waals surface area (Å²) in [4.78, 5) is 0. The zero-order valence-electron chi connectivity index (χ0n) is 7.49. The highest BCUT2D eigenvalue weighted by atomic mass is 16.8. The summed E-state index contributed by atoms with van der Waals surface area (Å²) in [5.41, 5.74) is 1.12. The molecule has 1 aliphatic heterocycles. The molecule has 0 saturated heterocycles. The molecule has 1 unspecified atom stereocenters. The van der Waals surface area contributed by atoms with Crippen LogP contribution in [0.5, 0.6) is 5.75 Å². The van der Waals surface area contributed by atoms with Crippen LogP contribution in [-0.4, -0.2) is 18.2 Å². The van der Waals surface area contributed by atoms with E-state index >= 15 is 0 Å². The van der Waals surface area contributed by atoms with Crippen LogP contribution < -0.4 is 4.74 Å². The molecule has 0 aromatic heterocycles. The van der Waals surface area contributed by atoms with Gasteiger partial charge in [0.1, 0.15) is 5.75 Å². The largest absolute Gasteiger partial charge is 0.439 e. The Morgan fingerprint density at radius 3 is 3.00 bits per heavy atom. The van der Waals surface area contributed by atoms with Crippen LogP contribution in [0.4, 0.5) is 0 Å². The summed E-state index contributed by atoms with van der Waals surface area (Å²) in [6.45, 7) is 0. The second-order valence-corrected chi connectivity index (χ2v) is 3.13. The van der Waals surface area contributed by atoms with Crippen LogP contribution in [0, 0.1) is 0 Å². The maximum absolute atomic E-state index is 9.68. The third kappa shape index (κ3) is 1.53. The van der Waals surface area contributed by atoms with Crippen LogP contribution in [0.2, 0.25) is 0 Å². The van der Waals surface area contributed by atoms with Gasteiger partial charge in [-0.3, -0.25) is 0 Å². The zero-order valence-corrected chi connectivity index (χ0v) is 7.49. The van der Waals surface area contributed by atoms with Gasteiger partial charge in [0.2, 0.25) is 0 Å². The second kappa shape index (κ2) is 3.01. The van der Waals surface area contributed by atoms with Crippen molar-refractivity contribution in [3.8, 4) is 5.75 Å². The number of hydrogen-bond acceptors (Lipinski definition) is 3. The monoisotopic (exact) mass is 180 g/mol. The van der Waals surface area contributed by atoms with Gasteiger partial charge in [0.05, 0.1) is 0 Å². The van der Waals surface area contributed by atoms with Crippen molar-refractivity contribution in [2.24, 2.45) is 0 Å². The van der Waals surface area contributed by atoms with Gasteiger partial charge in [-0.2, -0.15) is 0 Å². The van der Waals surface area contributed by atoms with Crippen molar-refractivity contribution >= 4 is 0 Å². The minimum Gasteiger partial charge on any atom is -0.439 e. The molecule has 0 amide bonds. The van der Waals surface area contributed by atoms with Gasteiger partial charge in [0, 0.05) is 13.5 Å². The molecule has 0 aliphatic carbocycles. The Hall–Kier alpha value is -1.06. The third-order valence-corrected chi connectivity index (χ3v) is 2.27. The smallest absolute Gasteiger partial charge is 0.324 e. The van der Waals surface area contributed by atoms with Crippen molar-refractivity contribution in [2.75, 3.05) is 7.11 Å². The average molecular weight is 180 g/mol. The quantitative estimate of drug-likeness (QED) is 0.662. The van der Waals surface area contributed by atoms with E-state index in [1.807, 2.05) is 24.3 Å². The first kappa shape index (κ1) is 8.53. The van der Waals surface area contributed by atoms with E-state index in [9.17, 15) is 5.11 Å². The molecule has 0 saturated carbocycles. The van der Waals surface area contributed by atoms with Gasteiger partial charge in [0.25, 0.3) is 0 Å². The summed E-state index contributed by atoms with van der Waals surface area (Å²) in [5, 5.41) is 9.68. The number of aryl methyl sites for hydroxylation is 1. The first-order valence-corrected chi connectivity index (χ1v) is 4.28. The molecule has 1 aromatic rings. The molecule has 0 bridgehead atoms. The van der Waals surface area contributed by atoms with Crippen molar-refractivity contribution in [3.05, 3.63) is 29.8 Å². The molecule has 0 radical (unpaired) electrons. The van der Waals surface area contributed by atoms with Gasteiger partial charge >= 0.3 is 5.97 Å². The molecule has 1 atom stereocenters. The molecule has 3 heteroatoms. The molecule has 70 valence electrons. The lowest BCUT2D eigenvalue weighted by atomic mass is 10.1. The molecule has 0 fully saturated rings. The number of hydrogen-bond donors (Lipinski definition) is 1. The molecule has 1 aromatic carbocycles. The lowest BCUT2D eigenvalue weighted by Gasteiger charge is -2.31. The highest BCUT2D eigenvalue weighted by Gasteiger charge is 2.33. The topological polar surface area (TPSA) is 38.7 Å². The molecule has 0 spiro atoms. The van der Waals surface area contributed by atoms with E-state index in [4.69, 9.17) is 9.47 Å². The maximum Gasteiger partial charge on any atom is 0.324 e. The first-order valence-electron chi connectivity index (χ1n) is 4.28. The van der Waals surface area contributed by atoms with Crippen LogP contribution in [-0.2, 0) is 11.2 Å². The van der Waals surface area contributed by atoms with Crippen LogP contribution in [0.1, 0.15) is 12.0 Å². The number of methoxy groups -OCH3 is 1. The van der Waals surface area contributed by atoms with Crippen molar-refractivity contribution in [3.63, 3.8) is 0 Å². The molecule has 1 heterocycles. The van der Waals surface area contributed by atoms with Gasteiger partial charge in [-0.25, -0.2) is 0 Å². The van der Waals surface area contributed by atoms with E-state index in [0.29, 0.717) is 12.2 Å². The molecule has 1 aliphatic rings. The normalized spacial score (nSPS) is 26.3. The number of fused-ring (bicyclic) bond motifs is 1. The van der Waals surface area contributed by atoms with Crippen LogP contribution >= 0.6 is 0 Å². The molecule has 13 heavy (non-hydrogen) atoms. The lowest BCUT2D eigenvalue weighted by Crippen LogP contribution is -2.41. The maximum atomic E-state index is 9.68. The predicted octanol–water partition coefficient (Wildman–Crippen LogP) is 1.30. The summed E-state index contributed by atoms with van der Waals surface area (Å²) >= 11 is 0. The Bertz CT molecular complexity index is 311. The van der Waals surface area contributed by atoms with Gasteiger partial charge < -0.3 is 14.6 Å². The van der Waals surface area contributed by atoms with Crippen LogP contribution in [0.3, 0.4) is 0 Å². The first-order chi connectivity index (χ1) is 6.23. The van der Waals surface area contributed by atoms with Gasteiger partial charge in [-0.05, 0) is 18.1 Å². The number of rotatable bonds is 1. The fourth-order valence-corrected chi connectivity index (χ4v) is 1.47. The minimum atomic E-state index is -1.44. The Balaban J connectivity index is 2.29. The number of benzene rings is 1. The average Bonchev–Trinajstić information content (AvgIpc) is 2.18.